The molecule has 0 radical (unpaired) electrons. The Morgan fingerprint density at radius 3 is 2.30 bits per heavy atom. The fourth-order valence-electron chi connectivity index (χ4n) is 0.392. The topological polar surface area (TPSA) is 26.3 Å². The summed E-state index contributed by atoms with van der Waals surface area (Å²) >= 11 is 0. The zero-order valence-electron chi connectivity index (χ0n) is 6.02. The second kappa shape index (κ2) is 3.67. The summed E-state index contributed by atoms with van der Waals surface area (Å²) in [6.07, 6.45) is 1.16. The van der Waals surface area contributed by atoms with Crippen LogP contribution >= 0.6 is 0 Å². The van der Waals surface area contributed by atoms with E-state index in [1.165, 1.54) is 0 Å². The van der Waals surface area contributed by atoms with Gasteiger partial charge in [-0.1, -0.05) is 19.7 Å². The summed E-state index contributed by atoms with van der Waals surface area (Å²) in [6.45, 7) is 11.7. The van der Waals surface area contributed by atoms with E-state index in [1.807, 2.05) is 0 Å². The smallest absolute Gasteiger partial charge is 0.222 e. The van der Waals surface area contributed by atoms with Crippen LogP contribution in [0.15, 0.2) is 37.3 Å². The molecule has 0 aliphatic rings. The molecule has 54 valence electrons. The van der Waals surface area contributed by atoms with Crippen LogP contribution in [0.3, 0.4) is 0 Å². The van der Waals surface area contributed by atoms with Crippen LogP contribution in [-0.2, 0) is 9.53 Å². The van der Waals surface area contributed by atoms with Gasteiger partial charge >= 0.3 is 0 Å². The van der Waals surface area contributed by atoms with Crippen molar-refractivity contribution in [2.45, 2.75) is 6.92 Å². The third-order valence-electron chi connectivity index (χ3n) is 0.866. The molecule has 0 unspecified atom stereocenters. The minimum absolute atomic E-state index is 0.0579. The van der Waals surface area contributed by atoms with Gasteiger partial charge in [0.15, 0.2) is 5.76 Å². The number of carbonyl (C=O) groups is 1. The zero-order valence-corrected chi connectivity index (χ0v) is 6.02. The number of Topliss-reactive ketones (excluding diaryl/α,β-unsaturated/α-hetero) is 1. The molecule has 0 spiro atoms. The Bertz CT molecular complexity index is 189. The molecule has 0 saturated heterocycles. The minimum Gasteiger partial charge on any atom is -0.462 e. The molecule has 10 heavy (non-hydrogen) atoms. The van der Waals surface area contributed by atoms with Crippen LogP contribution in [0.2, 0.25) is 0 Å². The second-order valence-corrected chi connectivity index (χ2v) is 1.82. The standard InChI is InChI=1S/C8H10O2/c1-5-10-7(4)8(9)6(2)3/h5H,1-2,4H2,3H3. The zero-order chi connectivity index (χ0) is 8.15. The SMILES string of the molecule is C=COC(=C)C(=O)C(=C)C. The highest BCUT2D eigenvalue weighted by Crippen LogP contribution is 2.02. The van der Waals surface area contributed by atoms with E-state index in [0.717, 1.165) is 6.26 Å². The van der Waals surface area contributed by atoms with Gasteiger partial charge in [0, 0.05) is 0 Å². The average molecular weight is 138 g/mol. The van der Waals surface area contributed by atoms with Crippen molar-refractivity contribution < 1.29 is 9.53 Å². The van der Waals surface area contributed by atoms with Gasteiger partial charge in [-0.05, 0) is 12.5 Å². The van der Waals surface area contributed by atoms with Crippen LogP contribution in [0.4, 0.5) is 0 Å². The van der Waals surface area contributed by atoms with Crippen LogP contribution < -0.4 is 0 Å². The van der Waals surface area contributed by atoms with E-state index < -0.39 is 0 Å². The van der Waals surface area contributed by atoms with Gasteiger partial charge in [0.1, 0.15) is 0 Å². The maximum absolute atomic E-state index is 10.9. The first-order valence-corrected chi connectivity index (χ1v) is 2.76. The van der Waals surface area contributed by atoms with E-state index in [0.29, 0.717) is 5.57 Å². The van der Waals surface area contributed by atoms with Gasteiger partial charge < -0.3 is 4.74 Å². The highest BCUT2D eigenvalue weighted by atomic mass is 16.5. The first kappa shape index (κ1) is 8.69. The Morgan fingerprint density at radius 2 is 2.00 bits per heavy atom. The Morgan fingerprint density at radius 1 is 1.50 bits per heavy atom. The minimum atomic E-state index is -0.278. The largest absolute Gasteiger partial charge is 0.462 e. The van der Waals surface area contributed by atoms with E-state index in [-0.39, 0.29) is 11.5 Å². The van der Waals surface area contributed by atoms with Crippen LogP contribution in [0.1, 0.15) is 6.92 Å². The number of rotatable bonds is 4. The molecule has 0 atom stereocenters. The summed E-state index contributed by atoms with van der Waals surface area (Å²) in [5.41, 5.74) is 0.409. The van der Waals surface area contributed by atoms with Crippen molar-refractivity contribution in [2.75, 3.05) is 0 Å². The lowest BCUT2D eigenvalue weighted by Gasteiger charge is -2.00. The van der Waals surface area contributed by atoms with Crippen LogP contribution in [0.25, 0.3) is 0 Å². The van der Waals surface area contributed by atoms with Gasteiger partial charge in [0.2, 0.25) is 5.78 Å². The van der Waals surface area contributed by atoms with Crippen molar-refractivity contribution in [1.29, 1.82) is 0 Å². The predicted octanol–water partition coefficient (Wildman–Crippen LogP) is 1.81. The fraction of sp³-hybridized carbons (Fsp3) is 0.125. The van der Waals surface area contributed by atoms with Crippen molar-refractivity contribution in [3.63, 3.8) is 0 Å². The maximum atomic E-state index is 10.9. The molecular formula is C8H10O2. The lowest BCUT2D eigenvalue weighted by molar-refractivity contribution is -0.114. The molecule has 0 saturated carbocycles. The van der Waals surface area contributed by atoms with E-state index in [9.17, 15) is 4.79 Å². The molecule has 0 aromatic heterocycles. The third-order valence-corrected chi connectivity index (χ3v) is 0.866. The molecule has 0 amide bonds. The molecule has 0 aliphatic carbocycles. The average Bonchev–Trinajstić information content (AvgIpc) is 1.87. The van der Waals surface area contributed by atoms with Gasteiger partial charge in [0.25, 0.3) is 0 Å². The monoisotopic (exact) mass is 138 g/mol. The van der Waals surface area contributed by atoms with Gasteiger partial charge in [-0.2, -0.15) is 0 Å². The summed E-state index contributed by atoms with van der Waals surface area (Å²) in [4.78, 5) is 10.9. The van der Waals surface area contributed by atoms with Crippen molar-refractivity contribution >= 4 is 5.78 Å². The lowest BCUT2D eigenvalue weighted by atomic mass is 10.2. The van der Waals surface area contributed by atoms with Gasteiger partial charge in [0.05, 0.1) is 6.26 Å². The van der Waals surface area contributed by atoms with E-state index in [1.54, 1.807) is 6.92 Å². The lowest BCUT2D eigenvalue weighted by Crippen LogP contribution is -2.02. The number of ketones is 1. The predicted molar refractivity (Wildman–Crippen MR) is 40.2 cm³/mol. The van der Waals surface area contributed by atoms with Crippen LogP contribution in [0.5, 0.6) is 0 Å². The van der Waals surface area contributed by atoms with Gasteiger partial charge in [-0.3, -0.25) is 4.79 Å². The molecule has 0 rings (SSSR count). The summed E-state index contributed by atoms with van der Waals surface area (Å²) in [5, 5.41) is 0. The third kappa shape index (κ3) is 2.31. The van der Waals surface area contributed by atoms with Crippen molar-refractivity contribution in [3.8, 4) is 0 Å². The number of hydrogen-bond donors (Lipinski definition) is 0. The van der Waals surface area contributed by atoms with Gasteiger partial charge in [-0.25, -0.2) is 0 Å². The summed E-state index contributed by atoms with van der Waals surface area (Å²) in [7, 11) is 0. The van der Waals surface area contributed by atoms with Crippen LogP contribution in [0, 0.1) is 0 Å². The number of carbonyl (C=O) groups excluding carboxylic acids is 1. The summed E-state index contributed by atoms with van der Waals surface area (Å²) in [5.74, 6) is -0.220. The Kier molecular flexibility index (Phi) is 3.19. The van der Waals surface area contributed by atoms with E-state index >= 15 is 0 Å². The number of hydrogen-bond acceptors (Lipinski definition) is 2. The first-order chi connectivity index (χ1) is 4.59. The Labute approximate surface area is 60.5 Å². The summed E-state index contributed by atoms with van der Waals surface area (Å²) in [6, 6.07) is 0. The fourth-order valence-corrected chi connectivity index (χ4v) is 0.392. The molecule has 0 aliphatic heterocycles. The molecule has 2 heteroatoms. The number of ether oxygens (including phenoxy) is 1. The molecule has 0 bridgehead atoms. The maximum Gasteiger partial charge on any atom is 0.222 e. The molecular weight excluding hydrogens is 128 g/mol. The molecule has 2 nitrogen and oxygen atoms in total. The second-order valence-electron chi connectivity index (χ2n) is 1.82. The number of allylic oxidation sites excluding steroid dienone is 1. The normalized spacial score (nSPS) is 8.10. The van der Waals surface area contributed by atoms with E-state index in [2.05, 4.69) is 24.5 Å². The summed E-state index contributed by atoms with van der Waals surface area (Å²) < 4.78 is 4.62. The van der Waals surface area contributed by atoms with Gasteiger partial charge in [-0.15, -0.1) is 0 Å². The first-order valence-electron chi connectivity index (χ1n) is 2.76. The van der Waals surface area contributed by atoms with E-state index in [4.69, 9.17) is 0 Å². The molecule has 0 fully saturated rings. The molecule has 0 N–H and O–H groups in total. The highest BCUT2D eigenvalue weighted by molar-refractivity contribution is 6.05. The molecule has 0 aromatic rings. The molecule has 0 heterocycles. The molecule has 0 aromatic carbocycles. The van der Waals surface area contributed by atoms with Crippen molar-refractivity contribution in [1.82, 2.24) is 0 Å². The highest BCUT2D eigenvalue weighted by Gasteiger charge is 2.06. The van der Waals surface area contributed by atoms with Crippen LogP contribution in [-0.4, -0.2) is 5.78 Å². The van der Waals surface area contributed by atoms with Crippen molar-refractivity contribution in [3.05, 3.63) is 37.3 Å². The van der Waals surface area contributed by atoms with Crippen molar-refractivity contribution in [2.24, 2.45) is 0 Å². The Balaban J connectivity index is 4.08. The Hall–Kier alpha value is -1.31. The quantitative estimate of drug-likeness (QED) is 0.437.